The summed E-state index contributed by atoms with van der Waals surface area (Å²) in [5.41, 5.74) is 1.87. The van der Waals surface area contributed by atoms with E-state index in [0.717, 1.165) is 36.0 Å². The van der Waals surface area contributed by atoms with Gasteiger partial charge in [-0.2, -0.15) is 0 Å². The van der Waals surface area contributed by atoms with Gasteiger partial charge in [-0.25, -0.2) is 0 Å². The zero-order chi connectivity index (χ0) is 24.5. The minimum absolute atomic E-state index is 0.0783. The number of hydrogen-bond acceptors (Lipinski definition) is 2. The van der Waals surface area contributed by atoms with E-state index in [0.29, 0.717) is 18.3 Å². The molecule has 32 heavy (non-hydrogen) atoms. The van der Waals surface area contributed by atoms with Crippen molar-refractivity contribution in [3.63, 3.8) is 0 Å². The number of unbranched alkanes of at least 4 members (excludes halogenated alkanes) is 1. The van der Waals surface area contributed by atoms with Crippen molar-refractivity contribution in [2.45, 2.75) is 79.7 Å². The van der Waals surface area contributed by atoms with E-state index in [2.05, 4.69) is 66.0 Å². The molecule has 0 radical (unpaired) electrons. The molecular formula is C27H43BrN2O2. The van der Waals surface area contributed by atoms with Gasteiger partial charge in [-0.15, -0.1) is 0 Å². The molecule has 3 atom stereocenters. The molecule has 3 aliphatic rings. The third-order valence-corrected chi connectivity index (χ3v) is 7.53. The second-order valence-electron chi connectivity index (χ2n) is 9.53. The Morgan fingerprint density at radius 2 is 1.78 bits per heavy atom. The third kappa shape index (κ3) is 8.06. The van der Waals surface area contributed by atoms with Gasteiger partial charge in [-0.1, -0.05) is 66.6 Å². The number of halogens is 1. The summed E-state index contributed by atoms with van der Waals surface area (Å²) in [6.45, 7) is 19.5. The first-order valence-electron chi connectivity index (χ1n) is 11.9. The van der Waals surface area contributed by atoms with Gasteiger partial charge in [0, 0.05) is 29.9 Å². The van der Waals surface area contributed by atoms with Gasteiger partial charge in [0.05, 0.1) is 5.54 Å². The normalized spacial score (nSPS) is 23.2. The third-order valence-electron chi connectivity index (χ3n) is 6.64. The van der Waals surface area contributed by atoms with Crippen LogP contribution in [0.5, 0.6) is 0 Å². The van der Waals surface area contributed by atoms with E-state index in [1.165, 1.54) is 12.0 Å². The summed E-state index contributed by atoms with van der Waals surface area (Å²) in [4.78, 5) is 26.1. The van der Waals surface area contributed by atoms with E-state index < -0.39 is 0 Å². The molecule has 2 amide bonds. The molecule has 2 aliphatic heterocycles. The highest BCUT2D eigenvalue weighted by Crippen LogP contribution is 2.46. The molecule has 2 unspecified atom stereocenters. The predicted octanol–water partition coefficient (Wildman–Crippen LogP) is 6.55. The molecule has 4 nitrogen and oxygen atoms in total. The Balaban J connectivity index is 0.000000368. The number of hydrogen-bond donors (Lipinski definition) is 1. The Kier molecular flexibility index (Phi) is 11.7. The maximum atomic E-state index is 12.4. The summed E-state index contributed by atoms with van der Waals surface area (Å²) in [5.74, 6) is 1.09. The van der Waals surface area contributed by atoms with Crippen LogP contribution in [-0.2, 0) is 9.59 Å². The fourth-order valence-electron chi connectivity index (χ4n) is 3.93. The minimum Gasteiger partial charge on any atom is -0.347 e. The molecule has 1 saturated carbocycles. The van der Waals surface area contributed by atoms with E-state index in [9.17, 15) is 9.59 Å². The van der Waals surface area contributed by atoms with Gasteiger partial charge in [0.1, 0.15) is 0 Å². The van der Waals surface area contributed by atoms with E-state index in [4.69, 9.17) is 0 Å². The predicted molar refractivity (Wildman–Crippen MR) is 139 cm³/mol. The lowest BCUT2D eigenvalue weighted by Crippen LogP contribution is -2.62. The van der Waals surface area contributed by atoms with E-state index in [1.807, 2.05) is 39.5 Å². The number of carbonyl (C=O) groups excluding carboxylic acids is 2. The quantitative estimate of drug-likeness (QED) is 0.299. The van der Waals surface area contributed by atoms with Crippen molar-refractivity contribution in [1.82, 2.24) is 10.2 Å². The second kappa shape index (κ2) is 13.2. The first-order valence-corrected chi connectivity index (χ1v) is 12.7. The molecule has 2 bridgehead atoms. The van der Waals surface area contributed by atoms with Gasteiger partial charge in [0.15, 0.2) is 0 Å². The fraction of sp³-hybridized carbons (Fsp3) is 0.630. The lowest BCUT2D eigenvalue weighted by Gasteiger charge is -2.53. The number of allylic oxidation sites excluding steroid dienone is 6. The van der Waals surface area contributed by atoms with Crippen molar-refractivity contribution in [2.75, 3.05) is 13.1 Å². The van der Waals surface area contributed by atoms with Crippen molar-refractivity contribution >= 4 is 27.7 Å². The maximum Gasteiger partial charge on any atom is 0.224 e. The number of piperidine rings is 2. The smallest absolute Gasteiger partial charge is 0.224 e. The molecule has 0 spiro atoms. The van der Waals surface area contributed by atoms with Crippen LogP contribution in [0, 0.1) is 17.8 Å². The van der Waals surface area contributed by atoms with Crippen LogP contribution in [0.15, 0.2) is 46.5 Å². The van der Waals surface area contributed by atoms with Crippen LogP contribution in [0.4, 0.5) is 0 Å². The molecular weight excluding hydrogens is 464 g/mol. The lowest BCUT2D eigenvalue weighted by atomic mass is 9.61. The summed E-state index contributed by atoms with van der Waals surface area (Å²) < 4.78 is 1.16. The molecule has 2 heterocycles. The highest BCUT2D eigenvalue weighted by molar-refractivity contribution is 9.12. The summed E-state index contributed by atoms with van der Waals surface area (Å²) in [6, 6.07) is 0. The Bertz CT molecular complexity index is 752. The number of rotatable bonds is 8. The topological polar surface area (TPSA) is 49.4 Å². The van der Waals surface area contributed by atoms with Crippen molar-refractivity contribution < 1.29 is 9.59 Å². The molecule has 1 aliphatic carbocycles. The number of fused-ring (bicyclic) bond motifs is 2. The Morgan fingerprint density at radius 1 is 1.19 bits per heavy atom. The summed E-state index contributed by atoms with van der Waals surface area (Å²) in [7, 11) is 0. The second-order valence-corrected chi connectivity index (χ2v) is 10.4. The monoisotopic (exact) mass is 506 g/mol. The van der Waals surface area contributed by atoms with Gasteiger partial charge < -0.3 is 10.2 Å². The lowest BCUT2D eigenvalue weighted by molar-refractivity contribution is -0.152. The zero-order valence-corrected chi connectivity index (χ0v) is 22.7. The largest absolute Gasteiger partial charge is 0.347 e. The maximum absolute atomic E-state index is 12.4. The molecule has 0 aromatic rings. The van der Waals surface area contributed by atoms with Crippen LogP contribution in [0.2, 0.25) is 0 Å². The summed E-state index contributed by atoms with van der Waals surface area (Å²) >= 11 is 3.50. The minimum atomic E-state index is -0.361. The van der Waals surface area contributed by atoms with E-state index in [1.54, 1.807) is 0 Å². The highest BCUT2D eigenvalue weighted by Gasteiger charge is 2.51. The zero-order valence-electron chi connectivity index (χ0n) is 21.1. The SMILES string of the molecule is C/C=C(C)/C(Br)=C\C=C/CCC.C=C(C)C(C)(C)NC(=O)C1C2C[C@H]1CN(C(=O)CC)C2. The van der Waals surface area contributed by atoms with Gasteiger partial charge in [-0.05, 0) is 70.9 Å². The summed E-state index contributed by atoms with van der Waals surface area (Å²) in [5, 5.41) is 3.10. The molecule has 2 saturated heterocycles. The average Bonchev–Trinajstić information content (AvgIpc) is 2.75. The highest BCUT2D eigenvalue weighted by atomic mass is 79.9. The first kappa shape index (κ1) is 28.4. The molecule has 1 N–H and O–H groups in total. The van der Waals surface area contributed by atoms with Crippen LogP contribution in [0.25, 0.3) is 0 Å². The van der Waals surface area contributed by atoms with Crippen LogP contribution >= 0.6 is 15.9 Å². The molecule has 3 rings (SSSR count). The van der Waals surface area contributed by atoms with Crippen molar-refractivity contribution in [2.24, 2.45) is 17.8 Å². The number of nitrogens with one attached hydrogen (secondary N) is 1. The summed E-state index contributed by atoms with van der Waals surface area (Å²) in [6.07, 6.45) is 12.5. The number of nitrogens with zero attached hydrogens (tertiary/aromatic N) is 1. The Morgan fingerprint density at radius 3 is 2.25 bits per heavy atom. The molecule has 180 valence electrons. The van der Waals surface area contributed by atoms with E-state index in [-0.39, 0.29) is 23.3 Å². The Labute approximate surface area is 204 Å². The average molecular weight is 508 g/mol. The van der Waals surface area contributed by atoms with Crippen molar-refractivity contribution in [3.05, 3.63) is 46.5 Å². The van der Waals surface area contributed by atoms with Crippen molar-refractivity contribution in [1.29, 1.82) is 0 Å². The van der Waals surface area contributed by atoms with Gasteiger partial charge in [0.25, 0.3) is 0 Å². The standard InChI is InChI=1S/C16H26N2O2.C11H17Br/c1-6-13(19)18-8-11-7-12(9-18)14(11)15(20)17-16(4,5)10(2)3;1-4-6-7-8-9-11(12)10(3)5-2/h11-12,14H,2,6-9H2,1,3-5H3,(H,17,20);5,7-9H,4,6H2,1-3H3/b;8-7-,10-5+,11-9+/t11-,12?,14?;/m0./s1. The van der Waals surface area contributed by atoms with Gasteiger partial charge in [-0.3, -0.25) is 9.59 Å². The molecule has 0 aromatic carbocycles. The number of carbonyl (C=O) groups is 2. The fourth-order valence-corrected chi connectivity index (χ4v) is 4.31. The van der Waals surface area contributed by atoms with Gasteiger partial charge >= 0.3 is 0 Å². The van der Waals surface area contributed by atoms with Crippen LogP contribution < -0.4 is 5.32 Å². The molecule has 3 fully saturated rings. The molecule has 5 heteroatoms. The van der Waals surface area contributed by atoms with Crippen molar-refractivity contribution in [3.8, 4) is 0 Å². The van der Waals surface area contributed by atoms with Crippen LogP contribution in [-0.4, -0.2) is 35.3 Å². The first-order chi connectivity index (χ1) is 15.0. The molecule has 0 aromatic heterocycles. The van der Waals surface area contributed by atoms with Crippen LogP contribution in [0.3, 0.4) is 0 Å². The van der Waals surface area contributed by atoms with E-state index >= 15 is 0 Å². The van der Waals surface area contributed by atoms with Crippen LogP contribution in [0.1, 0.15) is 74.1 Å². The Hall–Kier alpha value is -1.62. The van der Waals surface area contributed by atoms with Gasteiger partial charge in [0.2, 0.25) is 11.8 Å². The number of amides is 2.